The first kappa shape index (κ1) is 17.7. The summed E-state index contributed by atoms with van der Waals surface area (Å²) in [6.45, 7) is 2.93. The minimum Gasteiger partial charge on any atom is -0.368 e. The van der Waals surface area contributed by atoms with Crippen LogP contribution in [0, 0.1) is 0 Å². The number of nitrogens with zero attached hydrogens (tertiary/aromatic N) is 3. The topological polar surface area (TPSA) is 62.7 Å². The average molecular weight is 365 g/mol. The standard InChI is InChI=1S/C21H23N3O3/c25-20(18-5-3-16(4-6-18)17-7-9-22-10-8-17)23-11-13-24(14-12-23)21(26)19-2-1-15-27-19/h3-10,19H,1-2,11-15H2/t19-/m0/s1. The summed E-state index contributed by atoms with van der Waals surface area (Å²) in [5, 5.41) is 0. The van der Waals surface area contributed by atoms with Crippen molar-refractivity contribution in [1.29, 1.82) is 0 Å². The van der Waals surface area contributed by atoms with E-state index in [0.717, 1.165) is 24.0 Å². The molecule has 0 spiro atoms. The Morgan fingerprint density at radius 1 is 0.889 bits per heavy atom. The molecule has 2 fully saturated rings. The van der Waals surface area contributed by atoms with Gasteiger partial charge in [-0.05, 0) is 48.2 Å². The number of carbonyl (C=O) groups is 2. The minimum absolute atomic E-state index is 0.0143. The molecule has 0 bridgehead atoms. The first-order valence-electron chi connectivity index (χ1n) is 9.42. The van der Waals surface area contributed by atoms with Crippen molar-refractivity contribution in [2.45, 2.75) is 18.9 Å². The van der Waals surface area contributed by atoms with Crippen molar-refractivity contribution in [3.8, 4) is 11.1 Å². The number of benzene rings is 1. The number of rotatable bonds is 3. The Morgan fingerprint density at radius 3 is 2.15 bits per heavy atom. The molecular weight excluding hydrogens is 342 g/mol. The van der Waals surface area contributed by atoms with Gasteiger partial charge in [0.2, 0.25) is 0 Å². The number of carbonyl (C=O) groups excluding carboxylic acids is 2. The number of ether oxygens (including phenoxy) is 1. The lowest BCUT2D eigenvalue weighted by Crippen LogP contribution is -2.52. The van der Waals surface area contributed by atoms with Crippen LogP contribution in [0.2, 0.25) is 0 Å². The van der Waals surface area contributed by atoms with Crippen LogP contribution in [0.4, 0.5) is 0 Å². The van der Waals surface area contributed by atoms with Crippen LogP contribution in [0.3, 0.4) is 0 Å². The van der Waals surface area contributed by atoms with E-state index in [9.17, 15) is 9.59 Å². The fourth-order valence-corrected chi connectivity index (χ4v) is 3.64. The van der Waals surface area contributed by atoms with Crippen molar-refractivity contribution < 1.29 is 14.3 Å². The SMILES string of the molecule is O=C(c1ccc(-c2ccncc2)cc1)N1CCN(C(=O)[C@@H]2CCCO2)CC1. The van der Waals surface area contributed by atoms with Crippen LogP contribution in [0.5, 0.6) is 0 Å². The van der Waals surface area contributed by atoms with Crippen LogP contribution in [0.25, 0.3) is 11.1 Å². The van der Waals surface area contributed by atoms with E-state index in [0.29, 0.717) is 38.3 Å². The largest absolute Gasteiger partial charge is 0.368 e. The van der Waals surface area contributed by atoms with Gasteiger partial charge in [0.05, 0.1) is 0 Å². The van der Waals surface area contributed by atoms with Crippen LogP contribution >= 0.6 is 0 Å². The Balaban J connectivity index is 1.36. The molecule has 6 heteroatoms. The zero-order valence-corrected chi connectivity index (χ0v) is 15.2. The summed E-state index contributed by atoms with van der Waals surface area (Å²) in [4.78, 5) is 32.9. The van der Waals surface area contributed by atoms with Gasteiger partial charge in [-0.1, -0.05) is 12.1 Å². The molecule has 0 unspecified atom stereocenters. The van der Waals surface area contributed by atoms with Gasteiger partial charge >= 0.3 is 0 Å². The van der Waals surface area contributed by atoms with Crippen LogP contribution in [0.15, 0.2) is 48.8 Å². The van der Waals surface area contributed by atoms with E-state index in [2.05, 4.69) is 4.98 Å². The van der Waals surface area contributed by atoms with Gasteiger partial charge in [-0.2, -0.15) is 0 Å². The van der Waals surface area contributed by atoms with Gasteiger partial charge in [-0.25, -0.2) is 0 Å². The molecular formula is C21H23N3O3. The monoisotopic (exact) mass is 365 g/mol. The number of aromatic nitrogens is 1. The second-order valence-corrected chi connectivity index (χ2v) is 6.93. The van der Waals surface area contributed by atoms with Gasteiger partial charge in [0, 0.05) is 50.7 Å². The predicted octanol–water partition coefficient (Wildman–Crippen LogP) is 2.21. The normalized spacial score (nSPS) is 19.9. The second kappa shape index (κ2) is 7.88. The van der Waals surface area contributed by atoms with Gasteiger partial charge in [-0.3, -0.25) is 14.6 Å². The lowest BCUT2D eigenvalue weighted by Gasteiger charge is -2.35. The zero-order chi connectivity index (χ0) is 18.6. The van der Waals surface area contributed by atoms with Crippen molar-refractivity contribution >= 4 is 11.8 Å². The number of pyridine rings is 1. The van der Waals surface area contributed by atoms with E-state index in [1.165, 1.54) is 0 Å². The summed E-state index contributed by atoms with van der Waals surface area (Å²) in [6, 6.07) is 11.5. The van der Waals surface area contributed by atoms with Crippen molar-refractivity contribution in [3.05, 3.63) is 54.4 Å². The first-order valence-corrected chi connectivity index (χ1v) is 9.42. The minimum atomic E-state index is -0.284. The highest BCUT2D eigenvalue weighted by atomic mass is 16.5. The molecule has 3 heterocycles. The molecule has 0 radical (unpaired) electrons. The fraction of sp³-hybridized carbons (Fsp3) is 0.381. The molecule has 2 amide bonds. The maximum absolute atomic E-state index is 12.8. The van der Waals surface area contributed by atoms with Crippen molar-refractivity contribution in [2.24, 2.45) is 0 Å². The van der Waals surface area contributed by atoms with Crippen LogP contribution in [0.1, 0.15) is 23.2 Å². The summed E-state index contributed by atoms with van der Waals surface area (Å²) in [5.41, 5.74) is 2.80. The predicted molar refractivity (Wildman–Crippen MR) is 101 cm³/mol. The smallest absolute Gasteiger partial charge is 0.253 e. The highest BCUT2D eigenvalue weighted by molar-refractivity contribution is 5.95. The van der Waals surface area contributed by atoms with Gasteiger partial charge in [0.15, 0.2) is 0 Å². The van der Waals surface area contributed by atoms with E-state index in [1.54, 1.807) is 12.4 Å². The third-order valence-electron chi connectivity index (χ3n) is 5.23. The molecule has 2 aromatic rings. The Bertz CT molecular complexity index is 793. The van der Waals surface area contributed by atoms with E-state index >= 15 is 0 Å². The van der Waals surface area contributed by atoms with Gasteiger partial charge in [-0.15, -0.1) is 0 Å². The molecule has 2 saturated heterocycles. The summed E-state index contributed by atoms with van der Waals surface area (Å²) in [6.07, 6.45) is 4.98. The molecule has 27 heavy (non-hydrogen) atoms. The molecule has 1 atom stereocenters. The summed E-state index contributed by atoms with van der Waals surface area (Å²) >= 11 is 0. The molecule has 6 nitrogen and oxygen atoms in total. The van der Waals surface area contributed by atoms with Gasteiger partial charge in [0.25, 0.3) is 11.8 Å². The molecule has 2 aliphatic rings. The molecule has 140 valence electrons. The Kier molecular flexibility index (Phi) is 5.16. The van der Waals surface area contributed by atoms with Crippen LogP contribution < -0.4 is 0 Å². The summed E-state index contributed by atoms with van der Waals surface area (Å²) < 4.78 is 5.48. The van der Waals surface area contributed by atoms with E-state index in [-0.39, 0.29) is 17.9 Å². The molecule has 0 N–H and O–H groups in total. The zero-order valence-electron chi connectivity index (χ0n) is 15.2. The maximum Gasteiger partial charge on any atom is 0.253 e. The van der Waals surface area contributed by atoms with E-state index < -0.39 is 0 Å². The van der Waals surface area contributed by atoms with Gasteiger partial charge < -0.3 is 14.5 Å². The molecule has 4 rings (SSSR count). The fourth-order valence-electron chi connectivity index (χ4n) is 3.64. The number of hydrogen-bond donors (Lipinski definition) is 0. The summed E-state index contributed by atoms with van der Waals surface area (Å²) in [7, 11) is 0. The highest BCUT2D eigenvalue weighted by Gasteiger charge is 2.31. The molecule has 0 saturated carbocycles. The highest BCUT2D eigenvalue weighted by Crippen LogP contribution is 2.20. The van der Waals surface area contributed by atoms with Crippen molar-refractivity contribution in [1.82, 2.24) is 14.8 Å². The third-order valence-corrected chi connectivity index (χ3v) is 5.23. The Morgan fingerprint density at radius 2 is 1.52 bits per heavy atom. The number of amides is 2. The number of piperazine rings is 1. The molecule has 2 aliphatic heterocycles. The van der Waals surface area contributed by atoms with E-state index in [4.69, 9.17) is 4.74 Å². The second-order valence-electron chi connectivity index (χ2n) is 6.93. The average Bonchev–Trinajstić information content (AvgIpc) is 3.28. The quantitative estimate of drug-likeness (QED) is 0.837. The molecule has 0 aliphatic carbocycles. The van der Waals surface area contributed by atoms with Crippen LogP contribution in [-0.2, 0) is 9.53 Å². The molecule has 1 aromatic carbocycles. The lowest BCUT2D eigenvalue weighted by molar-refractivity contribution is -0.142. The van der Waals surface area contributed by atoms with Gasteiger partial charge in [0.1, 0.15) is 6.10 Å². The number of hydrogen-bond acceptors (Lipinski definition) is 4. The third kappa shape index (κ3) is 3.85. The maximum atomic E-state index is 12.8. The Hall–Kier alpha value is -2.73. The lowest BCUT2D eigenvalue weighted by atomic mass is 10.0. The van der Waals surface area contributed by atoms with E-state index in [1.807, 2.05) is 46.2 Å². The first-order chi connectivity index (χ1) is 13.2. The van der Waals surface area contributed by atoms with Crippen molar-refractivity contribution in [2.75, 3.05) is 32.8 Å². The molecule has 1 aromatic heterocycles. The summed E-state index contributed by atoms with van der Waals surface area (Å²) in [5.74, 6) is 0.0850. The van der Waals surface area contributed by atoms with Crippen LogP contribution in [-0.4, -0.2) is 65.5 Å². The van der Waals surface area contributed by atoms with Crippen molar-refractivity contribution in [3.63, 3.8) is 0 Å². The Labute approximate surface area is 158 Å².